The van der Waals surface area contributed by atoms with Gasteiger partial charge in [-0.1, -0.05) is 83.1 Å². The summed E-state index contributed by atoms with van der Waals surface area (Å²) in [7, 11) is -8.29. The van der Waals surface area contributed by atoms with E-state index >= 15 is 0 Å². The zero-order valence-corrected chi connectivity index (χ0v) is 26.1. The lowest BCUT2D eigenvalue weighted by Gasteiger charge is -2.09. The molecule has 48 heavy (non-hydrogen) atoms. The number of alkyl halides is 6. The van der Waals surface area contributed by atoms with Gasteiger partial charge in [0, 0.05) is 21.9 Å². The fraction of sp³-hybridized carbons (Fsp3) is 0.133. The van der Waals surface area contributed by atoms with E-state index in [0.29, 0.717) is 21.5 Å². The Morgan fingerprint density at radius 1 is 0.542 bits per heavy atom. The Hall–Kier alpha value is -5.10. The Kier molecular flexibility index (Phi) is 8.91. The van der Waals surface area contributed by atoms with E-state index < -0.39 is 66.7 Å². The maximum absolute atomic E-state index is 12.7. The third-order valence-electron chi connectivity index (χ3n) is 6.92. The summed E-state index contributed by atoms with van der Waals surface area (Å²) < 4.78 is 140. The molecule has 0 bridgehead atoms. The van der Waals surface area contributed by atoms with Crippen LogP contribution in [-0.4, -0.2) is 27.1 Å². The van der Waals surface area contributed by atoms with E-state index in [1.165, 1.54) is 12.1 Å². The standard InChI is InChI=1S/2C15H11F3N2O3S/c2*1-9-13(15(16,17)18)19-23-14(9)20-24(21,22)12-8-4-6-10-5-2-3-7-11(10)12/h2*2-8,20H,1H3. The van der Waals surface area contributed by atoms with Crippen LogP contribution in [-0.2, 0) is 32.4 Å². The van der Waals surface area contributed by atoms with E-state index in [9.17, 15) is 43.2 Å². The number of halogens is 6. The van der Waals surface area contributed by atoms with E-state index in [1.807, 2.05) is 9.44 Å². The molecule has 0 atom stereocenters. The molecule has 6 aromatic rings. The molecule has 0 fully saturated rings. The summed E-state index contributed by atoms with van der Waals surface area (Å²) in [5.41, 5.74) is -3.38. The zero-order chi connectivity index (χ0) is 35.1. The second-order valence-corrected chi connectivity index (χ2v) is 13.4. The largest absolute Gasteiger partial charge is 0.437 e. The van der Waals surface area contributed by atoms with Crippen LogP contribution in [0, 0.1) is 13.8 Å². The first-order chi connectivity index (χ1) is 22.4. The minimum Gasteiger partial charge on any atom is -0.337 e. The molecule has 0 aliphatic heterocycles. The smallest absolute Gasteiger partial charge is 0.337 e. The van der Waals surface area contributed by atoms with Crippen LogP contribution < -0.4 is 9.44 Å². The number of anilines is 2. The highest BCUT2D eigenvalue weighted by Crippen LogP contribution is 2.36. The number of sulfonamides is 2. The predicted molar refractivity (Wildman–Crippen MR) is 162 cm³/mol. The molecular formula is C30H22F6N4O6S2. The Balaban J connectivity index is 0.000000188. The lowest BCUT2D eigenvalue weighted by molar-refractivity contribution is -0.143. The average molecular weight is 713 g/mol. The Morgan fingerprint density at radius 2 is 0.875 bits per heavy atom. The van der Waals surface area contributed by atoms with E-state index in [0.717, 1.165) is 13.8 Å². The third kappa shape index (κ3) is 6.93. The summed E-state index contributed by atoms with van der Waals surface area (Å²) in [5.74, 6) is -1.12. The maximum atomic E-state index is 12.7. The van der Waals surface area contributed by atoms with Crippen LogP contribution >= 0.6 is 0 Å². The van der Waals surface area contributed by atoms with Gasteiger partial charge in [0.2, 0.25) is 11.8 Å². The number of aromatic nitrogens is 2. The SMILES string of the molecule is Cc1c(C(F)(F)F)noc1NS(=O)(=O)c1cccc2ccccc12.Cc1c(C(F)(F)F)noc1NS(=O)(=O)c1cccc2ccccc12. The van der Waals surface area contributed by atoms with Crippen molar-refractivity contribution in [2.24, 2.45) is 0 Å². The molecule has 252 valence electrons. The number of fused-ring (bicyclic) bond motifs is 2. The van der Waals surface area contributed by atoms with Crippen LogP contribution in [0.15, 0.2) is 104 Å². The molecule has 0 spiro atoms. The highest BCUT2D eigenvalue weighted by Gasteiger charge is 2.39. The molecule has 0 saturated carbocycles. The van der Waals surface area contributed by atoms with Crippen molar-refractivity contribution in [1.29, 1.82) is 0 Å². The van der Waals surface area contributed by atoms with E-state index in [1.54, 1.807) is 72.8 Å². The normalized spacial score (nSPS) is 12.5. The van der Waals surface area contributed by atoms with Gasteiger partial charge in [-0.3, -0.25) is 0 Å². The van der Waals surface area contributed by atoms with Crippen LogP contribution in [0.1, 0.15) is 22.5 Å². The van der Waals surface area contributed by atoms with Crippen LogP contribution in [0.4, 0.5) is 38.1 Å². The van der Waals surface area contributed by atoms with Crippen molar-refractivity contribution in [3.05, 3.63) is 107 Å². The zero-order valence-electron chi connectivity index (χ0n) is 24.5. The minimum absolute atomic E-state index is 0.0649. The summed E-state index contributed by atoms with van der Waals surface area (Å²) in [6.07, 6.45) is -9.45. The van der Waals surface area contributed by atoms with Gasteiger partial charge in [0.15, 0.2) is 11.4 Å². The number of hydrogen-bond acceptors (Lipinski definition) is 8. The van der Waals surface area contributed by atoms with Gasteiger partial charge in [-0.05, 0) is 36.8 Å². The van der Waals surface area contributed by atoms with E-state index in [4.69, 9.17) is 0 Å². The van der Waals surface area contributed by atoms with Crippen molar-refractivity contribution in [3.8, 4) is 0 Å². The van der Waals surface area contributed by atoms with Gasteiger partial charge in [0.25, 0.3) is 20.0 Å². The fourth-order valence-electron chi connectivity index (χ4n) is 4.60. The Bertz CT molecular complexity index is 2180. The minimum atomic E-state index is -4.73. The van der Waals surface area contributed by atoms with Crippen LogP contribution in [0.2, 0.25) is 0 Å². The first-order valence-corrected chi connectivity index (χ1v) is 16.4. The van der Waals surface area contributed by atoms with Crippen LogP contribution in [0.5, 0.6) is 0 Å². The van der Waals surface area contributed by atoms with Crippen molar-refractivity contribution < 1.29 is 52.2 Å². The molecule has 0 amide bonds. The second kappa shape index (κ2) is 12.5. The number of nitrogens with one attached hydrogen (secondary N) is 2. The van der Waals surface area contributed by atoms with Crippen LogP contribution in [0.25, 0.3) is 21.5 Å². The molecule has 0 aliphatic rings. The second-order valence-electron chi connectivity index (χ2n) is 10.1. The first-order valence-electron chi connectivity index (χ1n) is 13.5. The molecule has 18 heteroatoms. The summed E-state index contributed by atoms with van der Waals surface area (Å²) in [5, 5.41) is 8.06. The molecule has 2 aromatic heterocycles. The van der Waals surface area contributed by atoms with Crippen molar-refractivity contribution >= 4 is 53.4 Å². The molecule has 0 aliphatic carbocycles. The van der Waals surface area contributed by atoms with Crippen LogP contribution in [0.3, 0.4) is 0 Å². The third-order valence-corrected chi connectivity index (χ3v) is 9.70. The fourth-order valence-corrected chi connectivity index (χ4v) is 7.16. The first kappa shape index (κ1) is 34.2. The van der Waals surface area contributed by atoms with Gasteiger partial charge in [-0.15, -0.1) is 0 Å². The lowest BCUT2D eigenvalue weighted by atomic mass is 10.1. The number of benzene rings is 4. The molecule has 0 radical (unpaired) electrons. The molecule has 6 rings (SSSR count). The highest BCUT2D eigenvalue weighted by molar-refractivity contribution is 7.93. The van der Waals surface area contributed by atoms with Gasteiger partial charge in [-0.25, -0.2) is 26.3 Å². The summed E-state index contributed by atoms with van der Waals surface area (Å²) in [6.45, 7) is 2.17. The van der Waals surface area contributed by atoms with Gasteiger partial charge >= 0.3 is 12.4 Å². The number of rotatable bonds is 6. The predicted octanol–water partition coefficient (Wildman–Crippen LogP) is 7.91. The number of hydrogen-bond donors (Lipinski definition) is 2. The Labute approximate surface area is 268 Å². The Morgan fingerprint density at radius 3 is 1.21 bits per heavy atom. The van der Waals surface area contributed by atoms with Gasteiger partial charge in [0.1, 0.15) is 0 Å². The molecule has 10 nitrogen and oxygen atoms in total. The molecule has 0 saturated heterocycles. The molecule has 2 N–H and O–H groups in total. The molecule has 0 unspecified atom stereocenters. The maximum Gasteiger partial charge on any atom is 0.437 e. The highest BCUT2D eigenvalue weighted by atomic mass is 32.2. The van der Waals surface area contributed by atoms with Crippen molar-refractivity contribution in [3.63, 3.8) is 0 Å². The summed E-state index contributed by atoms with van der Waals surface area (Å²) in [4.78, 5) is -0.130. The van der Waals surface area contributed by atoms with E-state index in [2.05, 4.69) is 19.4 Å². The lowest BCUT2D eigenvalue weighted by Crippen LogP contribution is -2.14. The van der Waals surface area contributed by atoms with Crippen molar-refractivity contribution in [1.82, 2.24) is 10.3 Å². The monoisotopic (exact) mass is 712 g/mol. The van der Waals surface area contributed by atoms with E-state index in [-0.39, 0.29) is 9.79 Å². The summed E-state index contributed by atoms with van der Waals surface area (Å²) in [6, 6.07) is 22.8. The summed E-state index contributed by atoms with van der Waals surface area (Å²) >= 11 is 0. The quantitative estimate of drug-likeness (QED) is 0.166. The van der Waals surface area contributed by atoms with Crippen molar-refractivity contribution in [2.45, 2.75) is 36.0 Å². The number of nitrogens with zero attached hydrogens (tertiary/aromatic N) is 2. The molecule has 2 heterocycles. The van der Waals surface area contributed by atoms with Crippen molar-refractivity contribution in [2.75, 3.05) is 9.44 Å². The molecular weight excluding hydrogens is 690 g/mol. The van der Waals surface area contributed by atoms with Gasteiger partial charge in [0.05, 0.1) is 9.79 Å². The topological polar surface area (TPSA) is 144 Å². The van der Waals surface area contributed by atoms with Gasteiger partial charge in [-0.2, -0.15) is 26.3 Å². The average Bonchev–Trinajstić information content (AvgIpc) is 3.57. The van der Waals surface area contributed by atoms with Gasteiger partial charge < -0.3 is 9.05 Å². The molecule has 4 aromatic carbocycles.